The Labute approximate surface area is 88.7 Å². The number of nitro groups is 1. The van der Waals surface area contributed by atoms with Crippen LogP contribution in [0.3, 0.4) is 0 Å². The second-order valence-corrected chi connectivity index (χ2v) is 2.93. The number of aliphatic hydroxyl groups excluding tert-OH is 1. The Morgan fingerprint density at radius 2 is 2.19 bits per heavy atom. The van der Waals surface area contributed by atoms with Gasteiger partial charge in [-0.1, -0.05) is 0 Å². The summed E-state index contributed by atoms with van der Waals surface area (Å²) in [5, 5.41) is 27.9. The van der Waals surface area contributed by atoms with E-state index in [9.17, 15) is 24.0 Å². The van der Waals surface area contributed by atoms with Gasteiger partial charge in [0.2, 0.25) is 5.82 Å². The van der Waals surface area contributed by atoms with E-state index < -0.39 is 40.3 Å². The number of nitrogens with zero attached hydrogens (tertiary/aromatic N) is 2. The first-order valence-corrected chi connectivity index (χ1v) is 4.16. The Hall–Kier alpha value is -2.07. The third-order valence-corrected chi connectivity index (χ3v) is 1.92. The Morgan fingerprint density at radius 1 is 1.56 bits per heavy atom. The first-order chi connectivity index (χ1) is 7.49. The molecule has 0 aliphatic heterocycles. The summed E-state index contributed by atoms with van der Waals surface area (Å²) in [5.74, 6) is -2.57. The monoisotopic (exact) mass is 228 g/mol. The molecule has 1 unspecified atom stereocenters. The zero-order valence-electron chi connectivity index (χ0n) is 7.85. The quantitative estimate of drug-likeness (QED) is 0.631. The fourth-order valence-corrected chi connectivity index (χ4v) is 1.19. The van der Waals surface area contributed by atoms with Crippen LogP contribution in [0.15, 0.2) is 12.1 Å². The molecule has 0 bridgehead atoms. The van der Waals surface area contributed by atoms with Crippen molar-refractivity contribution in [2.45, 2.75) is 12.5 Å². The van der Waals surface area contributed by atoms with Crippen LogP contribution in [0.1, 0.15) is 18.1 Å². The largest absolute Gasteiger partial charge is 0.387 e. The van der Waals surface area contributed by atoms with Crippen molar-refractivity contribution in [2.75, 3.05) is 0 Å². The second kappa shape index (κ2) is 4.63. The highest BCUT2D eigenvalue weighted by Gasteiger charge is 2.25. The van der Waals surface area contributed by atoms with Crippen molar-refractivity contribution in [3.8, 4) is 6.07 Å². The van der Waals surface area contributed by atoms with Crippen LogP contribution in [0.4, 0.5) is 14.5 Å². The molecule has 0 aliphatic rings. The number of rotatable bonds is 3. The molecule has 1 atom stereocenters. The number of nitriles is 1. The van der Waals surface area contributed by atoms with Gasteiger partial charge in [0.05, 0.1) is 29.1 Å². The van der Waals surface area contributed by atoms with Crippen molar-refractivity contribution < 1.29 is 18.8 Å². The Kier molecular flexibility index (Phi) is 3.48. The van der Waals surface area contributed by atoms with E-state index in [-0.39, 0.29) is 0 Å². The summed E-state index contributed by atoms with van der Waals surface area (Å²) in [5.41, 5.74) is -1.79. The van der Waals surface area contributed by atoms with Gasteiger partial charge in [0.25, 0.3) is 0 Å². The van der Waals surface area contributed by atoms with Crippen LogP contribution in [0.5, 0.6) is 0 Å². The van der Waals surface area contributed by atoms with Crippen molar-refractivity contribution in [3.63, 3.8) is 0 Å². The summed E-state index contributed by atoms with van der Waals surface area (Å²) in [7, 11) is 0. The molecule has 0 aromatic heterocycles. The number of aliphatic hydroxyl groups is 1. The molecule has 5 nitrogen and oxygen atoms in total. The highest BCUT2D eigenvalue weighted by Crippen LogP contribution is 2.29. The maximum absolute atomic E-state index is 13.4. The number of nitro benzene ring substituents is 1. The molecule has 0 radical (unpaired) electrons. The summed E-state index contributed by atoms with van der Waals surface area (Å²) in [6.45, 7) is 0. The van der Waals surface area contributed by atoms with E-state index >= 15 is 0 Å². The average molecular weight is 228 g/mol. The Bertz CT molecular complexity index is 471. The van der Waals surface area contributed by atoms with E-state index in [1.807, 2.05) is 0 Å². The van der Waals surface area contributed by atoms with E-state index in [4.69, 9.17) is 5.26 Å². The maximum Gasteiger partial charge on any atom is 0.305 e. The predicted molar refractivity (Wildman–Crippen MR) is 48.2 cm³/mol. The highest BCUT2D eigenvalue weighted by atomic mass is 19.1. The van der Waals surface area contributed by atoms with Crippen molar-refractivity contribution >= 4 is 5.69 Å². The summed E-state index contributed by atoms with van der Waals surface area (Å²) in [6.07, 6.45) is -2.26. The summed E-state index contributed by atoms with van der Waals surface area (Å²) in [6, 6.07) is 2.85. The van der Waals surface area contributed by atoms with Crippen LogP contribution in [0, 0.1) is 33.1 Å². The average Bonchev–Trinajstić information content (AvgIpc) is 2.17. The normalized spacial score (nSPS) is 11.9. The van der Waals surface area contributed by atoms with Gasteiger partial charge in [-0.2, -0.15) is 9.65 Å². The molecular formula is C9H6F2N2O3. The van der Waals surface area contributed by atoms with Crippen LogP contribution < -0.4 is 0 Å². The summed E-state index contributed by atoms with van der Waals surface area (Å²) >= 11 is 0. The molecule has 0 fully saturated rings. The molecule has 0 saturated carbocycles. The molecular weight excluding hydrogens is 222 g/mol. The Morgan fingerprint density at radius 3 is 2.69 bits per heavy atom. The fourth-order valence-electron chi connectivity index (χ4n) is 1.19. The molecule has 0 saturated heterocycles. The van der Waals surface area contributed by atoms with Crippen LogP contribution in [0.25, 0.3) is 0 Å². The van der Waals surface area contributed by atoms with E-state index in [2.05, 4.69) is 0 Å². The lowest BCUT2D eigenvalue weighted by Gasteiger charge is -2.09. The van der Waals surface area contributed by atoms with Crippen molar-refractivity contribution in [2.24, 2.45) is 0 Å². The maximum atomic E-state index is 13.4. The zero-order valence-corrected chi connectivity index (χ0v) is 7.85. The van der Waals surface area contributed by atoms with Gasteiger partial charge < -0.3 is 5.11 Å². The third-order valence-electron chi connectivity index (χ3n) is 1.92. The molecule has 0 spiro atoms. The van der Waals surface area contributed by atoms with Crippen molar-refractivity contribution in [1.82, 2.24) is 0 Å². The van der Waals surface area contributed by atoms with Crippen molar-refractivity contribution in [3.05, 3.63) is 39.4 Å². The molecule has 0 heterocycles. The lowest BCUT2D eigenvalue weighted by Crippen LogP contribution is -2.06. The fraction of sp³-hybridized carbons (Fsp3) is 0.222. The molecule has 0 aliphatic carbocycles. The summed E-state index contributed by atoms with van der Waals surface area (Å²) in [4.78, 5) is 9.33. The standard InChI is InChI=1S/C9H6F2N2O3/c10-5-1-2-6(13(15)16)9(11)8(5)7(14)3-4-12/h1-2,7,14H,3H2. The number of benzene rings is 1. The van der Waals surface area contributed by atoms with Crippen LogP contribution in [-0.2, 0) is 0 Å². The molecule has 16 heavy (non-hydrogen) atoms. The molecule has 1 aromatic rings. The SMILES string of the molecule is N#CCC(O)c1c(F)ccc([N+](=O)[O-])c1F. The number of halogens is 2. The zero-order chi connectivity index (χ0) is 12.3. The van der Waals surface area contributed by atoms with Gasteiger partial charge in [-0.3, -0.25) is 10.1 Å². The minimum atomic E-state index is -1.72. The lowest BCUT2D eigenvalue weighted by molar-refractivity contribution is -0.387. The molecule has 7 heteroatoms. The van der Waals surface area contributed by atoms with Crippen molar-refractivity contribution in [1.29, 1.82) is 5.26 Å². The Balaban J connectivity index is 3.32. The topological polar surface area (TPSA) is 87.2 Å². The first kappa shape index (κ1) is 12.0. The van der Waals surface area contributed by atoms with E-state index in [0.717, 1.165) is 0 Å². The minimum Gasteiger partial charge on any atom is -0.387 e. The van der Waals surface area contributed by atoms with Gasteiger partial charge in [0.1, 0.15) is 5.82 Å². The van der Waals surface area contributed by atoms with E-state index in [1.165, 1.54) is 6.07 Å². The van der Waals surface area contributed by atoms with Crippen LogP contribution in [-0.4, -0.2) is 10.0 Å². The minimum absolute atomic E-state index is 0.547. The molecule has 0 amide bonds. The molecule has 84 valence electrons. The summed E-state index contributed by atoms with van der Waals surface area (Å²) < 4.78 is 26.5. The molecule has 1 N–H and O–H groups in total. The smallest absolute Gasteiger partial charge is 0.305 e. The third kappa shape index (κ3) is 2.12. The van der Waals surface area contributed by atoms with Gasteiger partial charge in [0.15, 0.2) is 0 Å². The van der Waals surface area contributed by atoms with Crippen LogP contribution in [0.2, 0.25) is 0 Å². The second-order valence-electron chi connectivity index (χ2n) is 2.93. The van der Waals surface area contributed by atoms with Gasteiger partial charge in [-0.05, 0) is 6.07 Å². The van der Waals surface area contributed by atoms with E-state index in [0.29, 0.717) is 12.1 Å². The van der Waals surface area contributed by atoms with Crippen LogP contribution >= 0.6 is 0 Å². The first-order valence-electron chi connectivity index (χ1n) is 4.16. The van der Waals surface area contributed by atoms with Gasteiger partial charge in [-0.15, -0.1) is 0 Å². The molecule has 1 aromatic carbocycles. The number of hydrogen-bond acceptors (Lipinski definition) is 4. The lowest BCUT2D eigenvalue weighted by atomic mass is 10.0. The van der Waals surface area contributed by atoms with Gasteiger partial charge >= 0.3 is 5.69 Å². The van der Waals surface area contributed by atoms with Gasteiger partial charge in [0, 0.05) is 6.07 Å². The number of hydrogen-bond donors (Lipinski definition) is 1. The highest BCUT2D eigenvalue weighted by molar-refractivity contribution is 5.39. The predicted octanol–water partition coefficient (Wildman–Crippen LogP) is 1.82. The molecule has 1 rings (SSSR count). The van der Waals surface area contributed by atoms with E-state index in [1.54, 1.807) is 0 Å². The van der Waals surface area contributed by atoms with Gasteiger partial charge in [-0.25, -0.2) is 4.39 Å².